The molecule has 0 bridgehead atoms. The third kappa shape index (κ3) is 3.89. The Labute approximate surface area is 184 Å². The minimum atomic E-state index is -3.74. The van der Waals surface area contributed by atoms with Crippen molar-refractivity contribution in [3.63, 3.8) is 0 Å². The summed E-state index contributed by atoms with van der Waals surface area (Å²) in [5.74, 6) is 0.520. The van der Waals surface area contributed by atoms with Crippen LogP contribution in [0.15, 0.2) is 53.7 Å². The third-order valence-corrected chi connectivity index (χ3v) is 7.36. The summed E-state index contributed by atoms with van der Waals surface area (Å²) < 4.78 is 39.7. The van der Waals surface area contributed by atoms with Gasteiger partial charge in [-0.05, 0) is 59.7 Å². The number of fused-ring (bicyclic) bond motifs is 1. The average molecular weight is 456 g/mol. The Bertz CT molecular complexity index is 1230. The van der Waals surface area contributed by atoms with Crippen molar-refractivity contribution in [2.24, 2.45) is 5.92 Å². The summed E-state index contributed by atoms with van der Waals surface area (Å²) in [5.41, 5.74) is 1.23. The number of tetrazole rings is 1. The first-order valence-electron chi connectivity index (χ1n) is 10.0. The summed E-state index contributed by atoms with van der Waals surface area (Å²) in [5, 5.41) is 13.8. The van der Waals surface area contributed by atoms with Crippen LogP contribution in [0.4, 0.5) is 5.69 Å². The lowest BCUT2D eigenvalue weighted by Crippen LogP contribution is -2.43. The van der Waals surface area contributed by atoms with Gasteiger partial charge in [-0.1, -0.05) is 0 Å². The van der Waals surface area contributed by atoms with Gasteiger partial charge >= 0.3 is 0 Å². The predicted molar refractivity (Wildman–Crippen MR) is 112 cm³/mol. The molecule has 2 aromatic carbocycles. The number of aromatic nitrogens is 4. The van der Waals surface area contributed by atoms with Gasteiger partial charge in [0.05, 0.1) is 16.5 Å². The topological polar surface area (TPSA) is 129 Å². The first-order valence-corrected chi connectivity index (χ1v) is 11.5. The molecule has 0 saturated carbocycles. The lowest BCUT2D eigenvalue weighted by Gasteiger charge is -2.31. The molecule has 1 saturated heterocycles. The van der Waals surface area contributed by atoms with Crippen molar-refractivity contribution < 1.29 is 22.7 Å². The molecule has 1 N–H and O–H groups in total. The highest BCUT2D eigenvalue weighted by molar-refractivity contribution is 7.89. The van der Waals surface area contributed by atoms with Gasteiger partial charge in [0.2, 0.25) is 22.7 Å². The molecule has 0 unspecified atom stereocenters. The minimum Gasteiger partial charge on any atom is -0.454 e. The summed E-state index contributed by atoms with van der Waals surface area (Å²) in [6.45, 7) is 0.636. The summed E-state index contributed by atoms with van der Waals surface area (Å²) in [7, 11) is -3.74. The van der Waals surface area contributed by atoms with Crippen LogP contribution in [0.5, 0.6) is 11.5 Å². The second-order valence-corrected chi connectivity index (χ2v) is 9.45. The van der Waals surface area contributed by atoms with E-state index in [1.165, 1.54) is 27.4 Å². The van der Waals surface area contributed by atoms with E-state index in [0.717, 1.165) is 0 Å². The molecule has 11 nitrogen and oxygen atoms in total. The lowest BCUT2D eigenvalue weighted by molar-refractivity contribution is -0.120. The van der Waals surface area contributed by atoms with E-state index in [-0.39, 0.29) is 24.1 Å². The summed E-state index contributed by atoms with van der Waals surface area (Å²) in [4.78, 5) is 13.0. The van der Waals surface area contributed by atoms with Crippen LogP contribution in [0, 0.1) is 5.92 Å². The van der Waals surface area contributed by atoms with Crippen LogP contribution in [-0.4, -0.2) is 58.7 Å². The SMILES string of the molecule is O=C(Nc1ccc2c(c1)OCO2)[C@H]1CCCN(S(=O)(=O)c2ccc(-n3cnnn3)cc2)C1. The van der Waals surface area contributed by atoms with E-state index in [2.05, 4.69) is 20.8 Å². The maximum absolute atomic E-state index is 13.2. The summed E-state index contributed by atoms with van der Waals surface area (Å²) >= 11 is 0. The molecule has 3 heterocycles. The van der Waals surface area contributed by atoms with Crippen molar-refractivity contribution in [2.75, 3.05) is 25.2 Å². The number of benzene rings is 2. The van der Waals surface area contributed by atoms with Crippen molar-refractivity contribution in [1.82, 2.24) is 24.5 Å². The number of nitrogens with zero attached hydrogens (tertiary/aromatic N) is 5. The number of rotatable bonds is 5. The maximum Gasteiger partial charge on any atom is 0.243 e. The van der Waals surface area contributed by atoms with Gasteiger partial charge in [-0.25, -0.2) is 13.1 Å². The van der Waals surface area contributed by atoms with Gasteiger partial charge in [-0.2, -0.15) is 4.31 Å². The highest BCUT2D eigenvalue weighted by Crippen LogP contribution is 2.34. The molecular formula is C20H20N6O5S. The molecule has 12 heteroatoms. The molecule has 1 amide bonds. The molecule has 1 atom stereocenters. The molecule has 0 radical (unpaired) electrons. The van der Waals surface area contributed by atoms with E-state index in [9.17, 15) is 13.2 Å². The Hall–Kier alpha value is -3.51. The molecule has 1 fully saturated rings. The van der Waals surface area contributed by atoms with Crippen molar-refractivity contribution in [3.05, 3.63) is 48.8 Å². The zero-order chi connectivity index (χ0) is 22.1. The third-order valence-electron chi connectivity index (χ3n) is 5.48. The second-order valence-electron chi connectivity index (χ2n) is 7.51. The zero-order valence-electron chi connectivity index (χ0n) is 16.9. The summed E-state index contributed by atoms with van der Waals surface area (Å²) in [6.07, 6.45) is 2.64. The quantitative estimate of drug-likeness (QED) is 0.611. The summed E-state index contributed by atoms with van der Waals surface area (Å²) in [6, 6.07) is 11.5. The lowest BCUT2D eigenvalue weighted by atomic mass is 9.98. The molecule has 5 rings (SSSR count). The monoisotopic (exact) mass is 456 g/mol. The Kier molecular flexibility index (Phi) is 5.23. The molecule has 0 aliphatic carbocycles. The Morgan fingerprint density at radius 1 is 1.09 bits per heavy atom. The average Bonchev–Trinajstić information content (AvgIpc) is 3.51. The van der Waals surface area contributed by atoms with Gasteiger partial charge < -0.3 is 14.8 Å². The Morgan fingerprint density at radius 2 is 1.91 bits per heavy atom. The zero-order valence-corrected chi connectivity index (χ0v) is 17.7. The van der Waals surface area contributed by atoms with E-state index in [0.29, 0.717) is 42.3 Å². The number of carbonyl (C=O) groups is 1. The largest absolute Gasteiger partial charge is 0.454 e. The number of carbonyl (C=O) groups excluding carboxylic acids is 1. The van der Waals surface area contributed by atoms with Crippen molar-refractivity contribution in [3.8, 4) is 17.2 Å². The number of hydrogen-bond acceptors (Lipinski definition) is 8. The van der Waals surface area contributed by atoms with Gasteiger partial charge in [0.15, 0.2) is 11.5 Å². The first-order chi connectivity index (χ1) is 15.5. The smallest absolute Gasteiger partial charge is 0.243 e. The molecule has 3 aromatic rings. The van der Waals surface area contributed by atoms with Gasteiger partial charge in [-0.15, -0.1) is 5.10 Å². The number of nitrogens with one attached hydrogen (secondary N) is 1. The van der Waals surface area contributed by atoms with Crippen LogP contribution in [0.25, 0.3) is 5.69 Å². The predicted octanol–water partition coefficient (Wildman–Crippen LogP) is 1.43. The van der Waals surface area contributed by atoms with Crippen LogP contribution in [0.2, 0.25) is 0 Å². The number of ether oxygens (including phenoxy) is 2. The van der Waals surface area contributed by atoms with Crippen LogP contribution < -0.4 is 14.8 Å². The normalized spacial score (nSPS) is 18.4. The molecule has 2 aliphatic heterocycles. The fourth-order valence-electron chi connectivity index (χ4n) is 3.79. The number of hydrogen-bond donors (Lipinski definition) is 1. The van der Waals surface area contributed by atoms with Crippen LogP contribution in [0.1, 0.15) is 12.8 Å². The van der Waals surface area contributed by atoms with Gasteiger partial charge in [-0.3, -0.25) is 4.79 Å². The number of anilines is 1. The highest BCUT2D eigenvalue weighted by Gasteiger charge is 2.33. The van der Waals surface area contributed by atoms with Crippen molar-refractivity contribution in [1.29, 1.82) is 0 Å². The Balaban J connectivity index is 1.28. The van der Waals surface area contributed by atoms with Gasteiger partial charge in [0.1, 0.15) is 6.33 Å². The number of sulfonamides is 1. The van der Waals surface area contributed by atoms with Crippen LogP contribution in [-0.2, 0) is 14.8 Å². The fraction of sp³-hybridized carbons (Fsp3) is 0.300. The first kappa shape index (κ1) is 20.4. The van der Waals surface area contributed by atoms with E-state index >= 15 is 0 Å². The standard InChI is InChI=1S/C20H20N6O5S/c27-20(22-15-3-8-18-19(10-15)31-13-30-18)14-2-1-9-25(11-14)32(28,29)17-6-4-16(5-7-17)26-12-21-23-24-26/h3-8,10,12,14H,1-2,9,11,13H2,(H,22,27)/t14-/m0/s1. The molecular weight excluding hydrogens is 436 g/mol. The second kappa shape index (κ2) is 8.20. The van der Waals surface area contributed by atoms with Crippen LogP contribution in [0.3, 0.4) is 0 Å². The molecule has 166 valence electrons. The fourth-order valence-corrected chi connectivity index (χ4v) is 5.32. The molecule has 2 aliphatic rings. The van der Waals surface area contributed by atoms with Crippen molar-refractivity contribution >= 4 is 21.6 Å². The van der Waals surface area contributed by atoms with Gasteiger partial charge in [0, 0.05) is 24.8 Å². The van der Waals surface area contributed by atoms with Crippen LogP contribution >= 0.6 is 0 Å². The maximum atomic E-state index is 13.2. The van der Waals surface area contributed by atoms with E-state index in [1.54, 1.807) is 30.3 Å². The highest BCUT2D eigenvalue weighted by atomic mass is 32.2. The molecule has 0 spiro atoms. The molecule has 32 heavy (non-hydrogen) atoms. The minimum absolute atomic E-state index is 0.119. The van der Waals surface area contributed by atoms with E-state index in [4.69, 9.17) is 9.47 Å². The number of amides is 1. The van der Waals surface area contributed by atoms with Gasteiger partial charge in [0.25, 0.3) is 0 Å². The molecule has 1 aromatic heterocycles. The Morgan fingerprint density at radius 3 is 2.69 bits per heavy atom. The van der Waals surface area contributed by atoms with E-state index < -0.39 is 15.9 Å². The van der Waals surface area contributed by atoms with Crippen molar-refractivity contribution in [2.45, 2.75) is 17.7 Å². The number of piperidine rings is 1. The van der Waals surface area contributed by atoms with E-state index in [1.807, 2.05) is 0 Å².